The topological polar surface area (TPSA) is 73.3 Å². The molecule has 0 saturated heterocycles. The van der Waals surface area contributed by atoms with Gasteiger partial charge in [-0.3, -0.25) is 5.32 Å². The summed E-state index contributed by atoms with van der Waals surface area (Å²) in [7, 11) is 1.61. The molecule has 2 aromatic heterocycles. The molecule has 0 saturated carbocycles. The second-order valence-electron chi connectivity index (χ2n) is 4.48. The highest BCUT2D eigenvalue weighted by Crippen LogP contribution is 2.16. The van der Waals surface area contributed by atoms with Crippen molar-refractivity contribution in [1.82, 2.24) is 15.5 Å². The number of ether oxygens (including phenoxy) is 1. The average molecular weight is 265 g/mol. The molecule has 0 aliphatic rings. The maximum Gasteiger partial charge on any atom is 0.240 e. The van der Waals surface area contributed by atoms with Crippen molar-refractivity contribution in [2.45, 2.75) is 39.5 Å². The molecule has 0 radical (unpaired) electrons. The Morgan fingerprint density at radius 1 is 1.37 bits per heavy atom. The molecule has 6 nitrogen and oxygen atoms in total. The number of aromatic nitrogens is 2. The number of rotatable bonds is 6. The van der Waals surface area contributed by atoms with Crippen LogP contribution in [0.15, 0.2) is 21.1 Å². The summed E-state index contributed by atoms with van der Waals surface area (Å²) >= 11 is 0. The predicted molar refractivity (Wildman–Crippen MR) is 68.4 cm³/mol. The first-order valence-electron chi connectivity index (χ1n) is 6.25. The second kappa shape index (κ2) is 5.99. The molecule has 104 valence electrons. The van der Waals surface area contributed by atoms with Crippen molar-refractivity contribution in [1.29, 1.82) is 0 Å². The van der Waals surface area contributed by atoms with E-state index in [-0.39, 0.29) is 12.1 Å². The number of furan rings is 1. The molecule has 2 heterocycles. The van der Waals surface area contributed by atoms with Crippen LogP contribution in [0.5, 0.6) is 0 Å². The van der Waals surface area contributed by atoms with E-state index in [2.05, 4.69) is 15.5 Å². The lowest BCUT2D eigenvalue weighted by atomic mass is 10.2. The van der Waals surface area contributed by atoms with E-state index in [1.165, 1.54) is 0 Å². The van der Waals surface area contributed by atoms with E-state index < -0.39 is 0 Å². The summed E-state index contributed by atoms with van der Waals surface area (Å²) < 4.78 is 15.8. The molecular weight excluding hydrogens is 246 g/mol. The summed E-state index contributed by atoms with van der Waals surface area (Å²) in [4.78, 5) is 4.26. The number of hydrogen-bond donors (Lipinski definition) is 1. The smallest absolute Gasteiger partial charge is 0.240 e. The van der Waals surface area contributed by atoms with E-state index in [0.29, 0.717) is 18.3 Å². The van der Waals surface area contributed by atoms with Crippen molar-refractivity contribution in [3.8, 4) is 0 Å². The molecule has 2 atom stereocenters. The molecule has 19 heavy (non-hydrogen) atoms. The van der Waals surface area contributed by atoms with Crippen molar-refractivity contribution >= 4 is 0 Å². The molecule has 0 bridgehead atoms. The minimum Gasteiger partial charge on any atom is -0.465 e. The van der Waals surface area contributed by atoms with E-state index in [1.807, 2.05) is 32.9 Å². The number of nitrogens with zero attached hydrogens (tertiary/aromatic N) is 2. The zero-order valence-corrected chi connectivity index (χ0v) is 11.6. The van der Waals surface area contributed by atoms with Gasteiger partial charge in [-0.05, 0) is 32.9 Å². The quantitative estimate of drug-likeness (QED) is 0.865. The van der Waals surface area contributed by atoms with Crippen molar-refractivity contribution in [3.05, 3.63) is 35.4 Å². The van der Waals surface area contributed by atoms with Gasteiger partial charge in [-0.2, -0.15) is 4.98 Å². The first kappa shape index (κ1) is 13.8. The van der Waals surface area contributed by atoms with Gasteiger partial charge in [-0.1, -0.05) is 5.16 Å². The van der Waals surface area contributed by atoms with E-state index in [9.17, 15) is 0 Å². The molecule has 6 heteroatoms. The van der Waals surface area contributed by atoms with Crippen molar-refractivity contribution in [3.63, 3.8) is 0 Å². The molecular formula is C13H19N3O3. The fourth-order valence-corrected chi connectivity index (χ4v) is 1.64. The summed E-state index contributed by atoms with van der Waals surface area (Å²) in [5, 5.41) is 7.14. The molecule has 0 aromatic carbocycles. The molecule has 0 unspecified atom stereocenters. The molecule has 0 spiro atoms. The maximum atomic E-state index is 5.55. The average Bonchev–Trinajstić information content (AvgIpc) is 3.04. The van der Waals surface area contributed by atoms with E-state index >= 15 is 0 Å². The van der Waals surface area contributed by atoms with Crippen LogP contribution in [0.2, 0.25) is 0 Å². The van der Waals surface area contributed by atoms with E-state index in [0.717, 1.165) is 11.5 Å². The Labute approximate surface area is 112 Å². The van der Waals surface area contributed by atoms with E-state index in [1.54, 1.807) is 7.11 Å². The molecule has 1 N–H and O–H groups in total. The van der Waals surface area contributed by atoms with Crippen LogP contribution in [0.25, 0.3) is 0 Å². The maximum absolute atomic E-state index is 5.55. The first-order chi connectivity index (χ1) is 9.10. The first-order valence-corrected chi connectivity index (χ1v) is 6.25. The molecule has 2 aromatic rings. The Morgan fingerprint density at radius 2 is 2.16 bits per heavy atom. The predicted octanol–water partition coefficient (Wildman–Crippen LogP) is 2.53. The number of aryl methyl sites for hydroxylation is 1. The van der Waals surface area contributed by atoms with Crippen LogP contribution in [0.3, 0.4) is 0 Å². The molecule has 0 amide bonds. The third-order valence-corrected chi connectivity index (χ3v) is 2.95. The van der Waals surface area contributed by atoms with Crippen molar-refractivity contribution in [2.24, 2.45) is 0 Å². The standard InChI is InChI=1S/C13H19N3O3/c1-8-5-6-11(18-8)9(2)14-7-12-15-13(16-19-12)10(3)17-4/h5-6,9-10,14H,7H2,1-4H3/t9-,10-/m0/s1. The highest BCUT2D eigenvalue weighted by molar-refractivity contribution is 5.08. The lowest BCUT2D eigenvalue weighted by molar-refractivity contribution is 0.109. The van der Waals surface area contributed by atoms with Gasteiger partial charge in [0, 0.05) is 7.11 Å². The summed E-state index contributed by atoms with van der Waals surface area (Å²) in [6.07, 6.45) is -0.164. The molecule has 0 aliphatic heterocycles. The Morgan fingerprint density at radius 3 is 2.79 bits per heavy atom. The summed E-state index contributed by atoms with van der Waals surface area (Å²) in [5.74, 6) is 2.88. The van der Waals surface area contributed by atoms with Crippen LogP contribution in [0, 0.1) is 6.92 Å². The SMILES string of the molecule is CO[C@@H](C)c1noc(CN[C@@H](C)c2ccc(C)o2)n1. The largest absolute Gasteiger partial charge is 0.465 e. The minimum atomic E-state index is -0.164. The summed E-state index contributed by atoms with van der Waals surface area (Å²) in [5.41, 5.74) is 0. The van der Waals surface area contributed by atoms with Crippen LogP contribution in [0.4, 0.5) is 0 Å². The normalized spacial score (nSPS) is 14.5. The highest BCUT2D eigenvalue weighted by Gasteiger charge is 2.14. The van der Waals surface area contributed by atoms with E-state index in [4.69, 9.17) is 13.7 Å². The zero-order chi connectivity index (χ0) is 13.8. The minimum absolute atomic E-state index is 0.0869. The van der Waals surface area contributed by atoms with Gasteiger partial charge in [0.2, 0.25) is 5.89 Å². The number of nitrogens with one attached hydrogen (secondary N) is 1. The lowest BCUT2D eigenvalue weighted by Gasteiger charge is -2.08. The van der Waals surface area contributed by atoms with Gasteiger partial charge in [-0.25, -0.2) is 0 Å². The molecule has 0 aliphatic carbocycles. The van der Waals surface area contributed by atoms with Gasteiger partial charge in [0.15, 0.2) is 5.82 Å². The monoisotopic (exact) mass is 265 g/mol. The third-order valence-electron chi connectivity index (χ3n) is 2.95. The van der Waals surface area contributed by atoms with Gasteiger partial charge in [0.05, 0.1) is 12.6 Å². The number of methoxy groups -OCH3 is 1. The fourth-order valence-electron chi connectivity index (χ4n) is 1.64. The lowest BCUT2D eigenvalue weighted by Crippen LogP contribution is -2.17. The van der Waals surface area contributed by atoms with Crippen molar-refractivity contribution in [2.75, 3.05) is 7.11 Å². The van der Waals surface area contributed by atoms with Crippen LogP contribution < -0.4 is 5.32 Å². The Balaban J connectivity index is 1.90. The van der Waals surface area contributed by atoms with Gasteiger partial charge >= 0.3 is 0 Å². The van der Waals surface area contributed by atoms with Gasteiger partial charge in [0.1, 0.15) is 17.6 Å². The van der Waals surface area contributed by atoms with Gasteiger partial charge in [0.25, 0.3) is 0 Å². The number of hydrogen-bond acceptors (Lipinski definition) is 6. The van der Waals surface area contributed by atoms with Crippen LogP contribution in [0.1, 0.15) is 49.2 Å². The zero-order valence-electron chi connectivity index (χ0n) is 11.6. The van der Waals surface area contributed by atoms with Gasteiger partial charge < -0.3 is 13.7 Å². The second-order valence-corrected chi connectivity index (χ2v) is 4.48. The summed E-state index contributed by atoms with van der Waals surface area (Å²) in [6, 6.07) is 3.99. The van der Waals surface area contributed by atoms with Crippen molar-refractivity contribution < 1.29 is 13.7 Å². The highest BCUT2D eigenvalue weighted by atomic mass is 16.5. The third kappa shape index (κ3) is 3.42. The Hall–Kier alpha value is -1.66. The molecule has 2 rings (SSSR count). The summed E-state index contributed by atoms with van der Waals surface area (Å²) in [6.45, 7) is 6.31. The fraction of sp³-hybridized carbons (Fsp3) is 0.538. The Kier molecular flexibility index (Phi) is 4.34. The molecule has 0 fully saturated rings. The Bertz CT molecular complexity index is 521. The van der Waals surface area contributed by atoms with Crippen LogP contribution in [-0.2, 0) is 11.3 Å². The van der Waals surface area contributed by atoms with Crippen LogP contribution in [-0.4, -0.2) is 17.3 Å². The van der Waals surface area contributed by atoms with Crippen LogP contribution >= 0.6 is 0 Å². The van der Waals surface area contributed by atoms with Gasteiger partial charge in [-0.15, -0.1) is 0 Å².